The minimum absolute atomic E-state index is 0.496. The van der Waals surface area contributed by atoms with Gasteiger partial charge in [-0.2, -0.15) is 5.10 Å². The maximum Gasteiger partial charge on any atom is 0.148 e. The summed E-state index contributed by atoms with van der Waals surface area (Å²) in [5.41, 5.74) is 1.03. The van der Waals surface area contributed by atoms with Crippen molar-refractivity contribution in [2.75, 3.05) is 18.4 Å². The third-order valence-corrected chi connectivity index (χ3v) is 2.93. The highest BCUT2D eigenvalue weighted by atomic mass is 15.3. The molecule has 3 heterocycles. The fourth-order valence-corrected chi connectivity index (χ4v) is 2.03. The Morgan fingerprint density at radius 3 is 2.94 bits per heavy atom. The molecule has 1 saturated heterocycles. The maximum absolute atomic E-state index is 4.49. The molecule has 1 atom stereocenters. The zero-order valence-corrected chi connectivity index (χ0v) is 9.50. The van der Waals surface area contributed by atoms with Crippen molar-refractivity contribution in [1.82, 2.24) is 20.1 Å². The quantitative estimate of drug-likeness (QED) is 0.825. The normalized spacial score (nSPS) is 19.4. The molecule has 88 valence electrons. The number of nitrogens with one attached hydrogen (secondary N) is 2. The standard InChI is InChI=1S/C12H15N5/c1-5-14-9-10(1)15-12-4-8-17(16-12)11-2-6-13-7-3-11/h2-4,6-8,10,14H,1,5,9H2,(H,15,16). The van der Waals surface area contributed by atoms with Gasteiger partial charge >= 0.3 is 0 Å². The van der Waals surface area contributed by atoms with Crippen LogP contribution in [-0.4, -0.2) is 33.9 Å². The van der Waals surface area contributed by atoms with E-state index in [4.69, 9.17) is 0 Å². The van der Waals surface area contributed by atoms with Gasteiger partial charge in [0.15, 0.2) is 0 Å². The van der Waals surface area contributed by atoms with Gasteiger partial charge < -0.3 is 10.6 Å². The van der Waals surface area contributed by atoms with Gasteiger partial charge in [0.1, 0.15) is 5.82 Å². The summed E-state index contributed by atoms with van der Waals surface area (Å²) in [7, 11) is 0. The first-order chi connectivity index (χ1) is 8.42. The molecule has 2 N–H and O–H groups in total. The van der Waals surface area contributed by atoms with E-state index in [0.29, 0.717) is 6.04 Å². The largest absolute Gasteiger partial charge is 0.365 e. The Hall–Kier alpha value is -1.88. The number of rotatable bonds is 3. The van der Waals surface area contributed by atoms with Crippen molar-refractivity contribution in [3.8, 4) is 5.69 Å². The summed E-state index contributed by atoms with van der Waals surface area (Å²) in [4.78, 5) is 4.00. The minimum atomic E-state index is 0.496. The highest BCUT2D eigenvalue weighted by Crippen LogP contribution is 2.11. The SMILES string of the molecule is c1cc(-n2ccc(NC3CCNC3)n2)ccn1. The van der Waals surface area contributed by atoms with Crippen LogP contribution in [0.3, 0.4) is 0 Å². The van der Waals surface area contributed by atoms with Gasteiger partial charge in [0.25, 0.3) is 0 Å². The molecule has 2 aromatic heterocycles. The summed E-state index contributed by atoms with van der Waals surface area (Å²) in [6, 6.07) is 6.37. The molecule has 0 spiro atoms. The van der Waals surface area contributed by atoms with Gasteiger partial charge in [-0.15, -0.1) is 0 Å². The first-order valence-corrected chi connectivity index (χ1v) is 5.85. The number of pyridine rings is 1. The third kappa shape index (κ3) is 2.29. The lowest BCUT2D eigenvalue weighted by molar-refractivity contribution is 0.778. The molecule has 1 aliphatic rings. The van der Waals surface area contributed by atoms with E-state index in [1.807, 2.05) is 29.1 Å². The van der Waals surface area contributed by atoms with Crippen LogP contribution in [0, 0.1) is 0 Å². The van der Waals surface area contributed by atoms with Crippen molar-refractivity contribution in [2.45, 2.75) is 12.5 Å². The zero-order chi connectivity index (χ0) is 11.5. The molecule has 5 nitrogen and oxygen atoms in total. The molecule has 0 aromatic carbocycles. The second kappa shape index (κ2) is 4.55. The van der Waals surface area contributed by atoms with Gasteiger partial charge in [-0.25, -0.2) is 4.68 Å². The molecule has 0 amide bonds. The third-order valence-electron chi connectivity index (χ3n) is 2.93. The van der Waals surface area contributed by atoms with E-state index >= 15 is 0 Å². The second-order valence-corrected chi connectivity index (χ2v) is 4.19. The minimum Gasteiger partial charge on any atom is -0.365 e. The fourth-order valence-electron chi connectivity index (χ4n) is 2.03. The van der Waals surface area contributed by atoms with E-state index in [9.17, 15) is 0 Å². The summed E-state index contributed by atoms with van der Waals surface area (Å²) in [6.07, 6.45) is 6.65. The average Bonchev–Trinajstić information content (AvgIpc) is 3.02. The summed E-state index contributed by atoms with van der Waals surface area (Å²) >= 11 is 0. The Kier molecular flexibility index (Phi) is 2.75. The van der Waals surface area contributed by atoms with Crippen LogP contribution in [0.4, 0.5) is 5.82 Å². The van der Waals surface area contributed by atoms with E-state index in [0.717, 1.165) is 31.0 Å². The van der Waals surface area contributed by atoms with Crippen molar-refractivity contribution < 1.29 is 0 Å². The van der Waals surface area contributed by atoms with E-state index in [1.165, 1.54) is 0 Å². The molecule has 0 saturated carbocycles. The molecule has 0 bridgehead atoms. The molecule has 1 aliphatic heterocycles. The van der Waals surface area contributed by atoms with Crippen LogP contribution in [0.2, 0.25) is 0 Å². The number of anilines is 1. The topological polar surface area (TPSA) is 54.8 Å². The van der Waals surface area contributed by atoms with E-state index in [1.54, 1.807) is 12.4 Å². The van der Waals surface area contributed by atoms with Gasteiger partial charge in [-0.3, -0.25) is 4.98 Å². The first-order valence-electron chi connectivity index (χ1n) is 5.85. The molecule has 5 heteroatoms. The molecule has 0 radical (unpaired) electrons. The molecule has 1 fully saturated rings. The van der Waals surface area contributed by atoms with Gasteiger partial charge in [-0.1, -0.05) is 0 Å². The number of hydrogen-bond acceptors (Lipinski definition) is 4. The van der Waals surface area contributed by atoms with Crippen molar-refractivity contribution in [1.29, 1.82) is 0 Å². The molecule has 0 aliphatic carbocycles. The average molecular weight is 229 g/mol. The van der Waals surface area contributed by atoms with Crippen LogP contribution in [0.1, 0.15) is 6.42 Å². The number of aromatic nitrogens is 3. The summed E-state index contributed by atoms with van der Waals surface area (Å²) in [6.45, 7) is 2.10. The van der Waals surface area contributed by atoms with Crippen molar-refractivity contribution in [3.63, 3.8) is 0 Å². The van der Waals surface area contributed by atoms with E-state index < -0.39 is 0 Å². The lowest BCUT2D eigenvalue weighted by atomic mass is 10.3. The summed E-state index contributed by atoms with van der Waals surface area (Å²) in [5.74, 6) is 0.926. The Morgan fingerprint density at radius 1 is 1.29 bits per heavy atom. The van der Waals surface area contributed by atoms with E-state index in [-0.39, 0.29) is 0 Å². The van der Waals surface area contributed by atoms with Crippen molar-refractivity contribution >= 4 is 5.82 Å². The van der Waals surface area contributed by atoms with Crippen molar-refractivity contribution in [2.24, 2.45) is 0 Å². The molecular weight excluding hydrogens is 214 g/mol. The summed E-state index contributed by atoms with van der Waals surface area (Å²) in [5, 5.41) is 11.2. The molecule has 1 unspecified atom stereocenters. The molecular formula is C12H15N5. The van der Waals surface area contributed by atoms with Gasteiger partial charge in [-0.05, 0) is 25.1 Å². The van der Waals surface area contributed by atoms with Crippen molar-refractivity contribution in [3.05, 3.63) is 36.8 Å². The van der Waals surface area contributed by atoms with Crippen LogP contribution in [0.25, 0.3) is 5.69 Å². The number of nitrogens with zero attached hydrogens (tertiary/aromatic N) is 3. The Balaban J connectivity index is 1.74. The van der Waals surface area contributed by atoms with Crippen LogP contribution < -0.4 is 10.6 Å². The molecule has 3 rings (SSSR count). The monoisotopic (exact) mass is 229 g/mol. The first kappa shape index (κ1) is 10.3. The van der Waals surface area contributed by atoms with Crippen LogP contribution in [-0.2, 0) is 0 Å². The lowest BCUT2D eigenvalue weighted by Gasteiger charge is -2.09. The lowest BCUT2D eigenvalue weighted by Crippen LogP contribution is -2.22. The summed E-state index contributed by atoms with van der Waals surface area (Å²) < 4.78 is 1.85. The zero-order valence-electron chi connectivity index (χ0n) is 9.50. The maximum atomic E-state index is 4.49. The smallest absolute Gasteiger partial charge is 0.148 e. The van der Waals surface area contributed by atoms with Crippen LogP contribution in [0.15, 0.2) is 36.8 Å². The Morgan fingerprint density at radius 2 is 2.18 bits per heavy atom. The van der Waals surface area contributed by atoms with Gasteiger partial charge in [0, 0.05) is 37.2 Å². The van der Waals surface area contributed by atoms with Crippen LogP contribution in [0.5, 0.6) is 0 Å². The Bertz CT molecular complexity index is 473. The van der Waals surface area contributed by atoms with E-state index in [2.05, 4.69) is 20.7 Å². The number of hydrogen-bond donors (Lipinski definition) is 2. The van der Waals surface area contributed by atoms with Gasteiger partial charge in [0.2, 0.25) is 0 Å². The highest BCUT2D eigenvalue weighted by Gasteiger charge is 2.14. The van der Waals surface area contributed by atoms with Gasteiger partial charge in [0.05, 0.1) is 5.69 Å². The molecule has 2 aromatic rings. The fraction of sp³-hybridized carbons (Fsp3) is 0.333. The predicted molar refractivity (Wildman–Crippen MR) is 66.3 cm³/mol. The highest BCUT2D eigenvalue weighted by molar-refractivity contribution is 5.38. The van der Waals surface area contributed by atoms with Crippen LogP contribution >= 0.6 is 0 Å². The predicted octanol–water partition coefficient (Wildman–Crippen LogP) is 1.04. The second-order valence-electron chi connectivity index (χ2n) is 4.19. The molecule has 17 heavy (non-hydrogen) atoms. The Labute approximate surface area is 99.9 Å².